The van der Waals surface area contributed by atoms with E-state index in [1.807, 2.05) is 0 Å². The first-order chi connectivity index (χ1) is 9.96. The molecule has 1 saturated carbocycles. The Hall–Kier alpha value is -1.24. The van der Waals surface area contributed by atoms with Crippen LogP contribution in [0.1, 0.15) is 44.9 Å². The van der Waals surface area contributed by atoms with Gasteiger partial charge in [-0.15, -0.1) is 0 Å². The molecule has 21 heavy (non-hydrogen) atoms. The Bertz CT molecular complexity index is 384. The predicted molar refractivity (Wildman–Crippen MR) is 74.0 cm³/mol. The van der Waals surface area contributed by atoms with E-state index in [0.717, 1.165) is 25.7 Å². The summed E-state index contributed by atoms with van der Waals surface area (Å²) in [4.78, 5) is 23.4. The molecule has 120 valence electrons. The van der Waals surface area contributed by atoms with Gasteiger partial charge in [0.2, 0.25) is 11.8 Å². The Morgan fingerprint density at radius 3 is 2.52 bits per heavy atom. The minimum Gasteiger partial charge on any atom is -0.354 e. The van der Waals surface area contributed by atoms with Gasteiger partial charge >= 0.3 is 0 Å². The number of hydrogen-bond donors (Lipinski definition) is 3. The van der Waals surface area contributed by atoms with E-state index in [4.69, 9.17) is 0 Å². The predicted octanol–water partition coefficient (Wildman–Crippen LogP) is 0.939. The number of hydrogen-bond acceptors (Lipinski definition) is 3. The number of rotatable bonds is 5. The van der Waals surface area contributed by atoms with Crippen molar-refractivity contribution in [2.24, 2.45) is 0 Å². The lowest BCUT2D eigenvalue weighted by atomic mass is 9.95. The van der Waals surface area contributed by atoms with Crippen LogP contribution in [0.3, 0.4) is 0 Å². The van der Waals surface area contributed by atoms with Crippen molar-refractivity contribution in [2.45, 2.75) is 63.0 Å². The quantitative estimate of drug-likeness (QED) is 0.708. The van der Waals surface area contributed by atoms with Crippen molar-refractivity contribution in [3.63, 3.8) is 0 Å². The van der Waals surface area contributed by atoms with Gasteiger partial charge in [0.25, 0.3) is 5.92 Å². The van der Waals surface area contributed by atoms with Crippen LogP contribution in [0.2, 0.25) is 0 Å². The Morgan fingerprint density at radius 2 is 1.90 bits per heavy atom. The Kier molecular flexibility index (Phi) is 5.50. The van der Waals surface area contributed by atoms with Crippen molar-refractivity contribution in [1.29, 1.82) is 0 Å². The molecule has 2 rings (SSSR count). The number of carbonyl (C=O) groups is 2. The molecule has 1 atom stereocenters. The molecule has 1 aliphatic heterocycles. The molecular weight excluding hydrogens is 280 g/mol. The number of alkyl halides is 2. The van der Waals surface area contributed by atoms with Crippen molar-refractivity contribution >= 4 is 11.8 Å². The van der Waals surface area contributed by atoms with E-state index >= 15 is 0 Å². The summed E-state index contributed by atoms with van der Waals surface area (Å²) in [5.74, 6) is -3.37. The molecule has 1 saturated heterocycles. The summed E-state index contributed by atoms with van der Waals surface area (Å²) in [5.41, 5.74) is 0. The van der Waals surface area contributed by atoms with Gasteiger partial charge in [-0.2, -0.15) is 0 Å². The van der Waals surface area contributed by atoms with E-state index in [1.54, 1.807) is 0 Å². The Morgan fingerprint density at radius 1 is 1.19 bits per heavy atom. The summed E-state index contributed by atoms with van der Waals surface area (Å²) in [6, 6.07) is -0.612. The van der Waals surface area contributed by atoms with E-state index in [-0.39, 0.29) is 24.9 Å². The Balaban J connectivity index is 1.60. The van der Waals surface area contributed by atoms with Gasteiger partial charge in [0.1, 0.15) is 0 Å². The van der Waals surface area contributed by atoms with Crippen LogP contribution in [0.25, 0.3) is 0 Å². The number of nitrogens with one attached hydrogen (secondary N) is 3. The van der Waals surface area contributed by atoms with Crippen molar-refractivity contribution in [3.8, 4) is 0 Å². The SMILES string of the molecule is O=C(CCNC(=O)C1CC(F)(F)CN1)NC1CCCCC1. The van der Waals surface area contributed by atoms with Gasteiger partial charge in [-0.25, -0.2) is 8.78 Å². The van der Waals surface area contributed by atoms with Crippen molar-refractivity contribution in [2.75, 3.05) is 13.1 Å². The summed E-state index contributed by atoms with van der Waals surface area (Å²) < 4.78 is 25.9. The molecule has 0 aromatic heterocycles. The van der Waals surface area contributed by atoms with Crippen LogP contribution >= 0.6 is 0 Å². The summed E-state index contributed by atoms with van der Waals surface area (Å²) >= 11 is 0. The zero-order valence-electron chi connectivity index (χ0n) is 12.1. The Labute approximate surface area is 123 Å². The van der Waals surface area contributed by atoms with Crippen molar-refractivity contribution in [3.05, 3.63) is 0 Å². The molecule has 5 nitrogen and oxygen atoms in total. The second-order valence-corrected chi connectivity index (χ2v) is 5.94. The van der Waals surface area contributed by atoms with Crippen LogP contribution in [-0.4, -0.2) is 42.9 Å². The second-order valence-electron chi connectivity index (χ2n) is 5.94. The summed E-state index contributed by atoms with van der Waals surface area (Å²) in [7, 11) is 0. The monoisotopic (exact) mass is 303 g/mol. The summed E-state index contributed by atoms with van der Waals surface area (Å²) in [6.07, 6.45) is 5.24. The van der Waals surface area contributed by atoms with Crippen LogP contribution in [0.15, 0.2) is 0 Å². The fourth-order valence-electron chi connectivity index (χ4n) is 2.87. The minimum atomic E-state index is -2.82. The van der Waals surface area contributed by atoms with Gasteiger partial charge < -0.3 is 10.6 Å². The average Bonchev–Trinajstić information content (AvgIpc) is 2.80. The fraction of sp³-hybridized carbons (Fsp3) is 0.857. The molecular formula is C14H23F2N3O2. The highest BCUT2D eigenvalue weighted by molar-refractivity contribution is 5.83. The third-order valence-corrected chi connectivity index (χ3v) is 4.05. The molecule has 1 heterocycles. The van der Waals surface area contributed by atoms with Gasteiger partial charge in [-0.1, -0.05) is 19.3 Å². The molecule has 2 amide bonds. The fourth-order valence-corrected chi connectivity index (χ4v) is 2.87. The van der Waals surface area contributed by atoms with Crippen LogP contribution in [0.5, 0.6) is 0 Å². The molecule has 0 spiro atoms. The molecule has 3 N–H and O–H groups in total. The molecule has 0 aromatic carbocycles. The van der Waals surface area contributed by atoms with Gasteiger partial charge in [0.05, 0.1) is 12.6 Å². The van der Waals surface area contributed by atoms with Gasteiger partial charge in [-0.05, 0) is 12.8 Å². The smallest absolute Gasteiger partial charge is 0.262 e. The van der Waals surface area contributed by atoms with Gasteiger partial charge in [-0.3, -0.25) is 14.9 Å². The topological polar surface area (TPSA) is 70.2 Å². The third-order valence-electron chi connectivity index (χ3n) is 4.05. The lowest BCUT2D eigenvalue weighted by Gasteiger charge is -2.22. The van der Waals surface area contributed by atoms with Crippen molar-refractivity contribution in [1.82, 2.24) is 16.0 Å². The summed E-state index contributed by atoms with van der Waals surface area (Å²) in [6.45, 7) is -0.283. The lowest BCUT2D eigenvalue weighted by Crippen LogP contribution is -2.42. The maximum absolute atomic E-state index is 13.0. The molecule has 0 radical (unpaired) electrons. The molecule has 7 heteroatoms. The molecule has 2 aliphatic rings. The molecule has 0 bridgehead atoms. The highest BCUT2D eigenvalue weighted by Gasteiger charge is 2.42. The largest absolute Gasteiger partial charge is 0.354 e. The minimum absolute atomic E-state index is 0.0908. The maximum atomic E-state index is 13.0. The number of amides is 2. The zero-order chi connectivity index (χ0) is 15.3. The first-order valence-electron chi connectivity index (χ1n) is 7.64. The van der Waals surface area contributed by atoms with E-state index in [9.17, 15) is 18.4 Å². The molecule has 1 aliphatic carbocycles. The van der Waals surface area contributed by atoms with Crippen LogP contribution in [-0.2, 0) is 9.59 Å². The van der Waals surface area contributed by atoms with Crippen molar-refractivity contribution < 1.29 is 18.4 Å². The van der Waals surface area contributed by atoms with Crippen LogP contribution in [0, 0.1) is 0 Å². The second kappa shape index (κ2) is 7.15. The lowest BCUT2D eigenvalue weighted by molar-refractivity contribution is -0.124. The molecule has 1 unspecified atom stereocenters. The first-order valence-corrected chi connectivity index (χ1v) is 7.64. The van der Waals surface area contributed by atoms with E-state index < -0.39 is 30.8 Å². The number of carbonyl (C=O) groups excluding carboxylic acids is 2. The average molecular weight is 303 g/mol. The normalized spacial score (nSPS) is 25.5. The standard InChI is InChI=1S/C14H23F2N3O2/c15-14(16)8-11(18-9-14)13(21)17-7-6-12(20)19-10-4-2-1-3-5-10/h10-11,18H,1-9H2,(H,17,21)(H,19,20). The summed E-state index contributed by atoms with van der Waals surface area (Å²) in [5, 5.41) is 7.97. The zero-order valence-corrected chi connectivity index (χ0v) is 12.1. The van der Waals surface area contributed by atoms with Crippen LogP contribution < -0.4 is 16.0 Å². The van der Waals surface area contributed by atoms with Crippen LogP contribution in [0.4, 0.5) is 8.78 Å². The molecule has 2 fully saturated rings. The highest BCUT2D eigenvalue weighted by atomic mass is 19.3. The van der Waals surface area contributed by atoms with Gasteiger partial charge in [0.15, 0.2) is 0 Å². The number of halogens is 2. The van der Waals surface area contributed by atoms with Gasteiger partial charge in [0, 0.05) is 25.4 Å². The van der Waals surface area contributed by atoms with E-state index in [1.165, 1.54) is 6.42 Å². The van der Waals surface area contributed by atoms with E-state index in [0.29, 0.717) is 0 Å². The third kappa shape index (κ3) is 5.22. The maximum Gasteiger partial charge on any atom is 0.262 e. The van der Waals surface area contributed by atoms with E-state index in [2.05, 4.69) is 16.0 Å². The highest BCUT2D eigenvalue weighted by Crippen LogP contribution is 2.25. The first kappa shape index (κ1) is 16.1. The molecule has 0 aromatic rings.